The first-order valence-electron chi connectivity index (χ1n) is 4.23. The minimum absolute atomic E-state index is 0.410. The molecule has 2 aliphatic rings. The van der Waals surface area contributed by atoms with Crippen molar-refractivity contribution in [1.82, 2.24) is 0 Å². The molecule has 0 N–H and O–H groups in total. The molecule has 2 rings (SSSR count). The molecule has 2 fully saturated rings. The van der Waals surface area contributed by atoms with E-state index in [1.165, 1.54) is 32.1 Å². The minimum atomic E-state index is 0.410. The molecule has 1 aliphatic carbocycles. The minimum Gasteiger partial charge on any atom is -0.236 e. The first-order valence-corrected chi connectivity index (χ1v) is 4.23. The van der Waals surface area contributed by atoms with Gasteiger partial charge in [0.2, 0.25) is 0 Å². The molecule has 2 nitrogen and oxygen atoms in total. The topological polar surface area (TPSA) is 18.5 Å². The van der Waals surface area contributed by atoms with E-state index in [0.29, 0.717) is 6.10 Å². The van der Waals surface area contributed by atoms with Gasteiger partial charge in [0.1, 0.15) is 0 Å². The zero-order chi connectivity index (χ0) is 6.81. The van der Waals surface area contributed by atoms with Gasteiger partial charge in [-0.15, -0.1) is 0 Å². The number of hydrogen-bond donors (Lipinski definition) is 0. The second-order valence-corrected chi connectivity index (χ2v) is 3.38. The Morgan fingerprint density at radius 2 is 2.00 bits per heavy atom. The summed E-state index contributed by atoms with van der Waals surface area (Å²) >= 11 is 0. The highest BCUT2D eigenvalue weighted by molar-refractivity contribution is 4.71. The van der Waals surface area contributed by atoms with Crippen LogP contribution in [0.15, 0.2) is 0 Å². The van der Waals surface area contributed by atoms with E-state index >= 15 is 0 Å². The second-order valence-electron chi connectivity index (χ2n) is 3.38. The highest BCUT2D eigenvalue weighted by Gasteiger charge is 2.23. The summed E-state index contributed by atoms with van der Waals surface area (Å²) in [6, 6.07) is 0. The van der Waals surface area contributed by atoms with Crippen LogP contribution in [0.2, 0.25) is 0 Å². The van der Waals surface area contributed by atoms with Gasteiger partial charge in [0, 0.05) is 0 Å². The molecule has 1 saturated carbocycles. The maximum atomic E-state index is 5.17. The number of fused-ring (bicyclic) bond motifs is 3. The first kappa shape index (κ1) is 6.62. The quantitative estimate of drug-likeness (QED) is 0.481. The van der Waals surface area contributed by atoms with Gasteiger partial charge in [0.25, 0.3) is 0 Å². The van der Waals surface area contributed by atoms with Gasteiger partial charge in [-0.05, 0) is 31.6 Å². The number of rotatable bonds is 0. The molecule has 1 aliphatic heterocycles. The third-order valence-electron chi connectivity index (χ3n) is 2.54. The SMILES string of the molecule is C1CC2CCC(C1)OOC2. The van der Waals surface area contributed by atoms with Crippen molar-refractivity contribution in [3.63, 3.8) is 0 Å². The summed E-state index contributed by atoms with van der Waals surface area (Å²) < 4.78 is 0. The largest absolute Gasteiger partial charge is 0.236 e. The fourth-order valence-corrected chi connectivity index (χ4v) is 1.84. The number of hydrogen-bond acceptors (Lipinski definition) is 2. The van der Waals surface area contributed by atoms with Crippen LogP contribution in [0.1, 0.15) is 32.1 Å². The average molecular weight is 142 g/mol. The predicted molar refractivity (Wildman–Crippen MR) is 37.4 cm³/mol. The molecule has 0 aromatic rings. The zero-order valence-corrected chi connectivity index (χ0v) is 6.21. The Morgan fingerprint density at radius 1 is 1.00 bits per heavy atom. The van der Waals surface area contributed by atoms with Crippen LogP contribution in [0.3, 0.4) is 0 Å². The van der Waals surface area contributed by atoms with Crippen LogP contribution >= 0.6 is 0 Å². The molecule has 2 atom stereocenters. The molecule has 0 amide bonds. The monoisotopic (exact) mass is 142 g/mol. The van der Waals surface area contributed by atoms with Gasteiger partial charge in [-0.1, -0.05) is 6.42 Å². The normalized spacial score (nSPS) is 40.8. The Labute approximate surface area is 61.4 Å². The van der Waals surface area contributed by atoms with Crippen LogP contribution in [0.25, 0.3) is 0 Å². The van der Waals surface area contributed by atoms with Crippen molar-refractivity contribution in [2.45, 2.75) is 38.2 Å². The third-order valence-corrected chi connectivity index (χ3v) is 2.54. The van der Waals surface area contributed by atoms with Gasteiger partial charge in [0.05, 0.1) is 12.7 Å². The van der Waals surface area contributed by atoms with Crippen LogP contribution in [-0.2, 0) is 9.78 Å². The van der Waals surface area contributed by atoms with Crippen molar-refractivity contribution < 1.29 is 9.78 Å². The smallest absolute Gasteiger partial charge is 0.0930 e. The van der Waals surface area contributed by atoms with Gasteiger partial charge in [-0.2, -0.15) is 0 Å². The summed E-state index contributed by atoms with van der Waals surface area (Å²) in [5.41, 5.74) is 0. The Kier molecular flexibility index (Phi) is 1.91. The van der Waals surface area contributed by atoms with Crippen LogP contribution in [0.4, 0.5) is 0 Å². The summed E-state index contributed by atoms with van der Waals surface area (Å²) in [7, 11) is 0. The van der Waals surface area contributed by atoms with Gasteiger partial charge >= 0.3 is 0 Å². The van der Waals surface area contributed by atoms with Crippen LogP contribution in [0.5, 0.6) is 0 Å². The average Bonchev–Trinajstić information content (AvgIpc) is 2.17. The Balaban J connectivity index is 2.01. The summed E-state index contributed by atoms with van der Waals surface area (Å²) in [6.45, 7) is 0.830. The first-order chi connectivity index (χ1) is 4.95. The zero-order valence-electron chi connectivity index (χ0n) is 6.21. The molecule has 58 valence electrons. The van der Waals surface area contributed by atoms with E-state index in [1.807, 2.05) is 0 Å². The lowest BCUT2D eigenvalue weighted by Gasteiger charge is -2.14. The Morgan fingerprint density at radius 3 is 3.00 bits per heavy atom. The van der Waals surface area contributed by atoms with Crippen molar-refractivity contribution in [2.24, 2.45) is 5.92 Å². The highest BCUT2D eigenvalue weighted by Crippen LogP contribution is 2.28. The van der Waals surface area contributed by atoms with Gasteiger partial charge in [-0.25, -0.2) is 9.78 Å². The van der Waals surface area contributed by atoms with Crippen molar-refractivity contribution in [1.29, 1.82) is 0 Å². The van der Waals surface area contributed by atoms with Crippen LogP contribution in [-0.4, -0.2) is 12.7 Å². The fourth-order valence-electron chi connectivity index (χ4n) is 1.84. The third kappa shape index (κ3) is 1.32. The van der Waals surface area contributed by atoms with E-state index in [-0.39, 0.29) is 0 Å². The molecule has 0 spiro atoms. The predicted octanol–water partition coefficient (Wildman–Crippen LogP) is 1.90. The van der Waals surface area contributed by atoms with Gasteiger partial charge < -0.3 is 0 Å². The standard InChI is InChI=1S/C8H14O2/c1-2-7-4-5-8(3-1)10-9-6-7/h7-8H,1-6H2. The molecule has 0 radical (unpaired) electrons. The van der Waals surface area contributed by atoms with Crippen molar-refractivity contribution >= 4 is 0 Å². The lowest BCUT2D eigenvalue weighted by Crippen LogP contribution is -2.13. The molecule has 1 heterocycles. The van der Waals surface area contributed by atoms with Crippen LogP contribution in [0, 0.1) is 5.92 Å². The van der Waals surface area contributed by atoms with Crippen LogP contribution < -0.4 is 0 Å². The van der Waals surface area contributed by atoms with Gasteiger partial charge in [-0.3, -0.25) is 0 Å². The van der Waals surface area contributed by atoms with Gasteiger partial charge in [0.15, 0.2) is 0 Å². The lowest BCUT2D eigenvalue weighted by atomic mass is 10.0. The molecule has 1 saturated heterocycles. The van der Waals surface area contributed by atoms with E-state index in [9.17, 15) is 0 Å². The molecule has 0 aromatic heterocycles. The van der Waals surface area contributed by atoms with Crippen molar-refractivity contribution in [2.75, 3.05) is 6.61 Å². The lowest BCUT2D eigenvalue weighted by molar-refractivity contribution is -0.326. The summed E-state index contributed by atoms with van der Waals surface area (Å²) in [5.74, 6) is 0.785. The van der Waals surface area contributed by atoms with Crippen molar-refractivity contribution in [3.05, 3.63) is 0 Å². The molecule has 0 aromatic carbocycles. The Bertz CT molecular complexity index is 91.8. The molecule has 10 heavy (non-hydrogen) atoms. The molecule has 2 heteroatoms. The maximum absolute atomic E-state index is 5.17. The van der Waals surface area contributed by atoms with E-state index in [1.54, 1.807) is 0 Å². The molecular weight excluding hydrogens is 128 g/mol. The summed E-state index contributed by atoms with van der Waals surface area (Å²) in [4.78, 5) is 10.2. The maximum Gasteiger partial charge on any atom is 0.0930 e. The summed E-state index contributed by atoms with van der Waals surface area (Å²) in [6.07, 6.45) is 6.82. The molecule has 2 bridgehead atoms. The van der Waals surface area contributed by atoms with E-state index in [4.69, 9.17) is 9.78 Å². The van der Waals surface area contributed by atoms with Crippen molar-refractivity contribution in [3.8, 4) is 0 Å². The second kappa shape index (κ2) is 2.89. The van der Waals surface area contributed by atoms with E-state index < -0.39 is 0 Å². The highest BCUT2D eigenvalue weighted by atomic mass is 17.2. The Hall–Kier alpha value is -0.0800. The fraction of sp³-hybridized carbons (Fsp3) is 1.00. The molecule has 2 unspecified atom stereocenters. The van der Waals surface area contributed by atoms with E-state index in [2.05, 4.69) is 0 Å². The van der Waals surface area contributed by atoms with E-state index in [0.717, 1.165) is 12.5 Å². The molecular formula is C8H14O2. The summed E-state index contributed by atoms with van der Waals surface area (Å²) in [5, 5.41) is 0.